The highest BCUT2D eigenvalue weighted by molar-refractivity contribution is 7.14. The van der Waals surface area contributed by atoms with E-state index in [9.17, 15) is 24.0 Å². The Morgan fingerprint density at radius 1 is 0.958 bits per heavy atom. The first-order valence-electron chi connectivity index (χ1n) is 24.7. The second-order valence-electron chi connectivity index (χ2n) is 22.0. The van der Waals surface area contributed by atoms with Gasteiger partial charge in [0.05, 0.1) is 24.9 Å². The zero-order chi connectivity index (χ0) is 51.2. The van der Waals surface area contributed by atoms with E-state index in [0.717, 1.165) is 19.3 Å². The first kappa shape index (κ1) is 51.9. The van der Waals surface area contributed by atoms with E-state index in [1.165, 1.54) is 23.3 Å². The van der Waals surface area contributed by atoms with Gasteiger partial charge in [-0.2, -0.15) is 0 Å². The summed E-state index contributed by atoms with van der Waals surface area (Å²) in [5, 5.41) is 12.5. The minimum atomic E-state index is -1.32. The van der Waals surface area contributed by atoms with Crippen molar-refractivity contribution >= 4 is 68.9 Å². The molecule has 3 N–H and O–H groups in total. The van der Waals surface area contributed by atoms with Crippen LogP contribution in [0, 0.1) is 23.2 Å². The number of hydrogen-bond donors (Lipinski definition) is 3. The second kappa shape index (κ2) is 20.6. The number of carbonyl (C=O) groups excluding carboxylic acids is 5. The highest BCUT2D eigenvalue weighted by atomic mass is 35.5. The number of benzene rings is 1. The lowest BCUT2D eigenvalue weighted by Gasteiger charge is -2.35. The quantitative estimate of drug-likeness (QED) is 0.0734. The summed E-state index contributed by atoms with van der Waals surface area (Å²) in [4.78, 5) is 83.9. The summed E-state index contributed by atoms with van der Waals surface area (Å²) in [5.74, 6) is -0.0546. The molecule has 8 atom stereocenters. The van der Waals surface area contributed by atoms with E-state index < -0.39 is 58.6 Å². The van der Waals surface area contributed by atoms with Gasteiger partial charge in [-0.3, -0.25) is 14.5 Å². The van der Waals surface area contributed by atoms with Crippen molar-refractivity contribution in [1.82, 2.24) is 35.3 Å². The summed E-state index contributed by atoms with van der Waals surface area (Å²) in [6, 6.07) is 3.31. The highest BCUT2D eigenvalue weighted by Crippen LogP contribution is 2.52. The highest BCUT2D eigenvalue weighted by Gasteiger charge is 2.62. The third kappa shape index (κ3) is 11.9. The van der Waals surface area contributed by atoms with Gasteiger partial charge in [-0.05, 0) is 89.7 Å². The first-order chi connectivity index (χ1) is 33.5. The van der Waals surface area contributed by atoms with Crippen LogP contribution < -0.4 is 25.4 Å². The van der Waals surface area contributed by atoms with Crippen LogP contribution in [0.2, 0.25) is 5.02 Å². The molecule has 3 aromatic rings. The Morgan fingerprint density at radius 2 is 1.68 bits per heavy atom. The molecule has 4 amide bonds. The molecule has 20 heteroatoms. The van der Waals surface area contributed by atoms with E-state index in [1.54, 1.807) is 23.1 Å². The summed E-state index contributed by atoms with van der Waals surface area (Å²) in [6.45, 7) is 22.3. The first-order valence-corrected chi connectivity index (χ1v) is 26.0. The molecule has 1 aromatic carbocycles. The van der Waals surface area contributed by atoms with Gasteiger partial charge < -0.3 is 49.4 Å². The number of anilines is 1. The molecular formula is C51H69ClN8O10S. The predicted molar refractivity (Wildman–Crippen MR) is 270 cm³/mol. The van der Waals surface area contributed by atoms with Crippen LogP contribution in [0.15, 0.2) is 36.2 Å². The van der Waals surface area contributed by atoms with Crippen LogP contribution in [0.3, 0.4) is 0 Å². The summed E-state index contributed by atoms with van der Waals surface area (Å²) in [6.07, 6.45) is 2.77. The third-order valence-corrected chi connectivity index (χ3v) is 15.0. The van der Waals surface area contributed by atoms with Gasteiger partial charge in [-0.25, -0.2) is 24.4 Å². The molecular weight excluding hydrogens is 952 g/mol. The Balaban J connectivity index is 1.05. The maximum atomic E-state index is 14.9. The molecule has 5 aliphatic rings. The lowest BCUT2D eigenvalue weighted by Crippen LogP contribution is -2.59. The van der Waals surface area contributed by atoms with Crippen molar-refractivity contribution in [3.8, 4) is 22.9 Å². The van der Waals surface area contributed by atoms with Gasteiger partial charge in [0.1, 0.15) is 64.3 Å². The Kier molecular flexibility index (Phi) is 15.1. The Labute approximate surface area is 424 Å². The number of hydrogen-bond acceptors (Lipinski definition) is 15. The molecule has 2 aromatic heterocycles. The van der Waals surface area contributed by atoms with E-state index in [4.69, 9.17) is 45.3 Å². The number of esters is 1. The number of fused-ring (bicyclic) bond motifs is 2. The standard InChI is InChI=1S/C51H69ClN8O10S/c1-11-31-25-51(31,45(63)66-10)57-43(61)37-23-33(26-60(37)44(62)42(49(4,5)6)56-47(64)69-32-21-29-20-30(29)22-32)68-39-24-35(36-27-71-46(55-36)53-28(2)3)54-41-34(39)12-13-38(40(41)52)67-19-18-58-14-16-59(17-15-58)48(65)70-50(7,8)9/h11-13,24,27-33,37,42H,1,14-23,25-26H2,2-10H3,(H,53,55)(H,56,64)(H,57,61)/t29-,30+,31-,32?,33-,37+,42-,51?/m1/s1. The molecule has 8 rings (SSSR count). The van der Waals surface area contributed by atoms with Gasteiger partial charge in [0.25, 0.3) is 0 Å². The lowest BCUT2D eigenvalue weighted by molar-refractivity contribution is -0.148. The fraction of sp³-hybridized carbons (Fsp3) is 0.627. The normalized spacial score (nSPS) is 25.5. The van der Waals surface area contributed by atoms with E-state index in [0.29, 0.717) is 96.5 Å². The number of aromatic nitrogens is 2. The Hall–Kier alpha value is -5.40. The van der Waals surface area contributed by atoms with Gasteiger partial charge in [0.2, 0.25) is 11.8 Å². The SMILES string of the molecule is C=C[C@@H]1CC1(NC(=O)[C@@H]1C[C@@H](Oc2cc(-c3csc(NC(C)C)n3)nc3c(Cl)c(OCCN4CCN(C(=O)OC(C)(C)C)CC4)ccc23)CN1C(=O)[C@@H](NC(=O)OC1C[C@@H]2C[C@@H]2C1)C(C)(C)C)C(=O)OC. The number of pyridine rings is 1. The van der Waals surface area contributed by atoms with E-state index in [1.807, 2.05) is 66.8 Å². The van der Waals surface area contributed by atoms with Crippen LogP contribution in [0.25, 0.3) is 22.3 Å². The molecule has 0 radical (unpaired) electrons. The zero-order valence-corrected chi connectivity index (χ0v) is 43.9. The molecule has 0 bridgehead atoms. The van der Waals surface area contributed by atoms with Crippen LogP contribution in [0.4, 0.5) is 14.7 Å². The average Bonchev–Trinajstić information content (AvgIpc) is 3.97. The number of thiazole rings is 1. The van der Waals surface area contributed by atoms with Crippen LogP contribution >= 0.6 is 22.9 Å². The van der Waals surface area contributed by atoms with Gasteiger partial charge in [0, 0.05) is 67.9 Å². The topological polar surface area (TPSA) is 203 Å². The van der Waals surface area contributed by atoms with E-state index in [2.05, 4.69) is 27.4 Å². The molecule has 3 saturated carbocycles. The Morgan fingerprint density at radius 3 is 2.31 bits per heavy atom. The van der Waals surface area contributed by atoms with Crippen molar-refractivity contribution in [2.75, 3.05) is 58.3 Å². The molecule has 5 fully saturated rings. The number of methoxy groups -OCH3 is 1. The fourth-order valence-corrected chi connectivity index (χ4v) is 11.0. The molecule has 2 saturated heterocycles. The van der Waals surface area contributed by atoms with Gasteiger partial charge >= 0.3 is 18.2 Å². The number of halogens is 1. The number of amides is 4. The van der Waals surface area contributed by atoms with Crippen molar-refractivity contribution in [2.24, 2.45) is 23.2 Å². The van der Waals surface area contributed by atoms with E-state index in [-0.39, 0.29) is 42.1 Å². The number of alkyl carbamates (subject to hydrolysis) is 1. The maximum absolute atomic E-state index is 14.9. The van der Waals surface area contributed by atoms with Gasteiger partial charge in [-0.1, -0.05) is 38.4 Å². The van der Waals surface area contributed by atoms with Crippen LogP contribution in [0.5, 0.6) is 11.5 Å². The van der Waals surface area contributed by atoms with Crippen molar-refractivity contribution in [1.29, 1.82) is 0 Å². The number of nitrogens with one attached hydrogen (secondary N) is 3. The maximum Gasteiger partial charge on any atom is 0.410 e. The molecule has 3 aliphatic carbocycles. The lowest BCUT2D eigenvalue weighted by atomic mass is 9.85. The third-order valence-electron chi connectivity index (χ3n) is 13.9. The molecule has 2 aliphatic heterocycles. The molecule has 71 heavy (non-hydrogen) atoms. The fourth-order valence-electron chi connectivity index (χ4n) is 9.93. The van der Waals surface area contributed by atoms with Crippen LogP contribution in [0.1, 0.15) is 87.5 Å². The number of likely N-dealkylation sites (tertiary alicyclic amines) is 1. The molecule has 386 valence electrons. The number of ether oxygens (including phenoxy) is 5. The van der Waals surface area contributed by atoms with Crippen molar-refractivity contribution in [3.05, 3.63) is 41.3 Å². The molecule has 2 unspecified atom stereocenters. The summed E-state index contributed by atoms with van der Waals surface area (Å²) in [5.41, 5.74) is -1.24. The van der Waals surface area contributed by atoms with Crippen LogP contribution in [-0.4, -0.2) is 149 Å². The Bertz CT molecular complexity index is 2510. The monoisotopic (exact) mass is 1020 g/mol. The van der Waals surface area contributed by atoms with Crippen LogP contribution in [-0.2, 0) is 28.6 Å². The van der Waals surface area contributed by atoms with Crippen molar-refractivity contribution < 1.29 is 47.7 Å². The molecule has 18 nitrogen and oxygen atoms in total. The minimum absolute atomic E-state index is 0.0401. The zero-order valence-electron chi connectivity index (χ0n) is 42.3. The molecule has 0 spiro atoms. The minimum Gasteiger partial charge on any atom is -0.491 e. The summed E-state index contributed by atoms with van der Waals surface area (Å²) < 4.78 is 29.7. The van der Waals surface area contributed by atoms with Gasteiger partial charge in [0.15, 0.2) is 5.13 Å². The van der Waals surface area contributed by atoms with Crippen molar-refractivity contribution in [2.45, 2.75) is 129 Å². The smallest absolute Gasteiger partial charge is 0.410 e. The largest absolute Gasteiger partial charge is 0.491 e. The number of carbonyl (C=O) groups is 5. The van der Waals surface area contributed by atoms with Crippen molar-refractivity contribution in [3.63, 3.8) is 0 Å². The van der Waals surface area contributed by atoms with Gasteiger partial charge in [-0.15, -0.1) is 17.9 Å². The number of nitrogens with zero attached hydrogens (tertiary/aromatic N) is 5. The number of piperazine rings is 1. The summed E-state index contributed by atoms with van der Waals surface area (Å²) >= 11 is 8.62. The molecule has 4 heterocycles. The second-order valence-corrected chi connectivity index (χ2v) is 23.2. The number of rotatable bonds is 16. The average molecular weight is 1020 g/mol. The predicted octanol–water partition coefficient (Wildman–Crippen LogP) is 7.29. The summed E-state index contributed by atoms with van der Waals surface area (Å²) in [7, 11) is 1.26. The van der Waals surface area contributed by atoms with E-state index >= 15 is 0 Å².